The number of aliphatic hydroxyl groups excluding tert-OH is 1. The standard InChI is InChI=1S/C27H37N3O4/c1-21(2)19-32-20-23(31)16-29(17-24-12-9-15-33-24)18-25-26(22-10-5-3-6-11-22)28-34-27(25)30-13-7-4-8-14-30/h3,5-6,9-12,15,21,23,31H,4,7-8,13-14,16-20H2,1-2H3. The summed E-state index contributed by atoms with van der Waals surface area (Å²) in [6.07, 6.45) is 4.64. The van der Waals surface area contributed by atoms with Crippen molar-refractivity contribution in [1.82, 2.24) is 10.1 Å². The minimum absolute atomic E-state index is 0.307. The molecule has 4 rings (SSSR count). The van der Waals surface area contributed by atoms with Crippen molar-refractivity contribution >= 4 is 5.88 Å². The number of ether oxygens (including phenoxy) is 1. The number of nitrogens with zero attached hydrogens (tertiary/aromatic N) is 3. The van der Waals surface area contributed by atoms with Crippen LogP contribution in [0.1, 0.15) is 44.4 Å². The maximum atomic E-state index is 10.7. The Morgan fingerprint density at radius 2 is 1.82 bits per heavy atom. The molecule has 1 saturated heterocycles. The molecule has 7 nitrogen and oxygen atoms in total. The van der Waals surface area contributed by atoms with Gasteiger partial charge in [0.15, 0.2) is 0 Å². The van der Waals surface area contributed by atoms with Gasteiger partial charge in [0, 0.05) is 38.3 Å². The molecule has 0 spiro atoms. The summed E-state index contributed by atoms with van der Waals surface area (Å²) >= 11 is 0. The highest BCUT2D eigenvalue weighted by molar-refractivity contribution is 5.68. The van der Waals surface area contributed by atoms with Crippen LogP contribution in [0.15, 0.2) is 57.7 Å². The zero-order valence-electron chi connectivity index (χ0n) is 20.4. The van der Waals surface area contributed by atoms with Crippen molar-refractivity contribution in [1.29, 1.82) is 0 Å². The van der Waals surface area contributed by atoms with Gasteiger partial charge < -0.3 is 23.7 Å². The molecule has 7 heteroatoms. The fourth-order valence-corrected chi connectivity index (χ4v) is 4.43. The average Bonchev–Trinajstić information content (AvgIpc) is 3.50. The van der Waals surface area contributed by atoms with Crippen LogP contribution in [0, 0.1) is 5.92 Å². The van der Waals surface area contributed by atoms with E-state index in [1.807, 2.05) is 30.3 Å². The first-order valence-electron chi connectivity index (χ1n) is 12.4. The molecule has 0 amide bonds. The number of hydrogen-bond donors (Lipinski definition) is 1. The third-order valence-corrected chi connectivity index (χ3v) is 6.03. The molecule has 0 saturated carbocycles. The second-order valence-corrected chi connectivity index (χ2v) is 9.56. The molecule has 3 heterocycles. The van der Waals surface area contributed by atoms with Crippen LogP contribution in [-0.2, 0) is 17.8 Å². The second-order valence-electron chi connectivity index (χ2n) is 9.56. The van der Waals surface area contributed by atoms with E-state index in [-0.39, 0.29) is 0 Å². The van der Waals surface area contributed by atoms with Crippen LogP contribution in [-0.4, -0.2) is 54.1 Å². The van der Waals surface area contributed by atoms with Crippen LogP contribution in [0.25, 0.3) is 11.3 Å². The molecule has 1 aliphatic heterocycles. The molecule has 0 aliphatic carbocycles. The normalized spacial score (nSPS) is 15.4. The molecular weight excluding hydrogens is 430 g/mol. The summed E-state index contributed by atoms with van der Waals surface area (Å²) in [5.74, 6) is 2.13. The summed E-state index contributed by atoms with van der Waals surface area (Å²) in [7, 11) is 0. The molecule has 1 N–H and O–H groups in total. The monoisotopic (exact) mass is 467 g/mol. The molecule has 1 aliphatic rings. The van der Waals surface area contributed by atoms with Crippen molar-refractivity contribution in [3.8, 4) is 11.3 Å². The minimum atomic E-state index is -0.604. The Morgan fingerprint density at radius 3 is 2.53 bits per heavy atom. The van der Waals surface area contributed by atoms with Crippen LogP contribution < -0.4 is 4.90 Å². The summed E-state index contributed by atoms with van der Waals surface area (Å²) in [4.78, 5) is 4.50. The van der Waals surface area contributed by atoms with Gasteiger partial charge in [-0.2, -0.15) is 0 Å². The summed E-state index contributed by atoms with van der Waals surface area (Å²) in [5.41, 5.74) is 2.94. The molecule has 1 atom stereocenters. The lowest BCUT2D eigenvalue weighted by Crippen LogP contribution is -2.35. The van der Waals surface area contributed by atoms with E-state index >= 15 is 0 Å². The second kappa shape index (κ2) is 12.2. The van der Waals surface area contributed by atoms with Gasteiger partial charge in [-0.05, 0) is 37.3 Å². The van der Waals surface area contributed by atoms with Crippen molar-refractivity contribution in [3.05, 3.63) is 60.1 Å². The van der Waals surface area contributed by atoms with Gasteiger partial charge in [-0.1, -0.05) is 49.3 Å². The van der Waals surface area contributed by atoms with Gasteiger partial charge in [0.1, 0.15) is 11.5 Å². The fraction of sp³-hybridized carbons (Fsp3) is 0.519. The number of benzene rings is 1. The van der Waals surface area contributed by atoms with Crippen molar-refractivity contribution in [2.24, 2.45) is 5.92 Å². The van der Waals surface area contributed by atoms with Crippen molar-refractivity contribution < 1.29 is 18.8 Å². The SMILES string of the molecule is CC(C)COCC(O)CN(Cc1ccco1)Cc1c(-c2ccccc2)noc1N1CCCCC1. The largest absolute Gasteiger partial charge is 0.468 e. The van der Waals surface area contributed by atoms with Gasteiger partial charge in [-0.3, -0.25) is 4.90 Å². The maximum absolute atomic E-state index is 10.7. The van der Waals surface area contributed by atoms with Crippen LogP contribution >= 0.6 is 0 Å². The summed E-state index contributed by atoms with van der Waals surface area (Å²) in [6.45, 7) is 8.72. The van der Waals surface area contributed by atoms with E-state index < -0.39 is 6.10 Å². The van der Waals surface area contributed by atoms with E-state index in [2.05, 4.69) is 40.9 Å². The molecular formula is C27H37N3O4. The highest BCUT2D eigenvalue weighted by atomic mass is 16.5. The van der Waals surface area contributed by atoms with E-state index in [0.717, 1.165) is 54.4 Å². The quantitative estimate of drug-likeness (QED) is 0.403. The Bertz CT molecular complexity index is 965. The molecule has 2 aromatic heterocycles. The van der Waals surface area contributed by atoms with Crippen molar-refractivity contribution in [3.63, 3.8) is 0 Å². The molecule has 1 unspecified atom stereocenters. The van der Waals surface area contributed by atoms with Crippen molar-refractivity contribution in [2.45, 2.75) is 52.3 Å². The van der Waals surface area contributed by atoms with Gasteiger partial charge in [0.2, 0.25) is 5.88 Å². The van der Waals surface area contributed by atoms with E-state index in [4.69, 9.17) is 13.7 Å². The van der Waals surface area contributed by atoms with Crippen LogP contribution in [0.3, 0.4) is 0 Å². The van der Waals surface area contributed by atoms with E-state index in [1.54, 1.807) is 6.26 Å². The molecule has 34 heavy (non-hydrogen) atoms. The molecule has 1 fully saturated rings. The Balaban J connectivity index is 1.58. The number of piperidine rings is 1. The Kier molecular flexibility index (Phi) is 8.79. The van der Waals surface area contributed by atoms with E-state index in [9.17, 15) is 5.11 Å². The molecule has 184 valence electrons. The minimum Gasteiger partial charge on any atom is -0.468 e. The van der Waals surface area contributed by atoms with Crippen LogP contribution in [0.2, 0.25) is 0 Å². The topological polar surface area (TPSA) is 75.1 Å². The van der Waals surface area contributed by atoms with Crippen LogP contribution in [0.4, 0.5) is 5.88 Å². The number of rotatable bonds is 12. The van der Waals surface area contributed by atoms with E-state index in [0.29, 0.717) is 38.8 Å². The first kappa shape index (κ1) is 24.5. The third-order valence-electron chi connectivity index (χ3n) is 6.03. The molecule has 0 bridgehead atoms. The van der Waals surface area contributed by atoms with E-state index in [1.165, 1.54) is 6.42 Å². The lowest BCUT2D eigenvalue weighted by Gasteiger charge is -2.29. The highest BCUT2D eigenvalue weighted by Gasteiger charge is 2.26. The molecule has 3 aromatic rings. The molecule has 1 aromatic carbocycles. The molecule has 0 radical (unpaired) electrons. The Morgan fingerprint density at radius 1 is 1.03 bits per heavy atom. The smallest absolute Gasteiger partial charge is 0.232 e. The number of aliphatic hydroxyl groups is 1. The maximum Gasteiger partial charge on any atom is 0.232 e. The van der Waals surface area contributed by atoms with Gasteiger partial charge in [-0.25, -0.2) is 0 Å². The first-order chi connectivity index (χ1) is 16.6. The summed E-state index contributed by atoms with van der Waals surface area (Å²) < 4.78 is 17.3. The zero-order valence-corrected chi connectivity index (χ0v) is 20.4. The van der Waals surface area contributed by atoms with Gasteiger partial charge in [0.25, 0.3) is 0 Å². The highest BCUT2D eigenvalue weighted by Crippen LogP contribution is 2.34. The third kappa shape index (κ3) is 6.72. The number of aromatic nitrogens is 1. The average molecular weight is 468 g/mol. The Labute approximate surface area is 202 Å². The fourth-order valence-electron chi connectivity index (χ4n) is 4.43. The van der Waals surface area contributed by atoms with Crippen LogP contribution in [0.5, 0.6) is 0 Å². The number of hydrogen-bond acceptors (Lipinski definition) is 7. The summed E-state index contributed by atoms with van der Waals surface area (Å²) in [5, 5.41) is 15.3. The lowest BCUT2D eigenvalue weighted by atomic mass is 10.1. The summed E-state index contributed by atoms with van der Waals surface area (Å²) in [6, 6.07) is 14.0. The van der Waals surface area contributed by atoms with Gasteiger partial charge in [-0.15, -0.1) is 0 Å². The zero-order chi connectivity index (χ0) is 23.8. The van der Waals surface area contributed by atoms with Gasteiger partial charge >= 0.3 is 0 Å². The predicted octanol–water partition coefficient (Wildman–Crippen LogP) is 4.96. The first-order valence-corrected chi connectivity index (χ1v) is 12.4. The lowest BCUT2D eigenvalue weighted by molar-refractivity contribution is 0.00462. The Hall–Kier alpha value is -2.61. The van der Waals surface area contributed by atoms with Crippen molar-refractivity contribution in [2.75, 3.05) is 37.7 Å². The number of furan rings is 1. The van der Waals surface area contributed by atoms with Gasteiger partial charge in [0.05, 0.1) is 31.1 Å². The predicted molar refractivity (Wildman–Crippen MR) is 132 cm³/mol. The number of anilines is 1.